The number of piperidine rings is 1. The fourth-order valence-electron chi connectivity index (χ4n) is 2.24. The van der Waals surface area contributed by atoms with Crippen LogP contribution in [-0.4, -0.2) is 44.2 Å². The smallest absolute Gasteiger partial charge is 0.321 e. The lowest BCUT2D eigenvalue weighted by Crippen LogP contribution is -2.47. The highest BCUT2D eigenvalue weighted by molar-refractivity contribution is 5.91. The topological polar surface area (TPSA) is 61.6 Å². The predicted octanol–water partition coefficient (Wildman–Crippen LogP) is 1.51. The van der Waals surface area contributed by atoms with Crippen molar-refractivity contribution in [2.75, 3.05) is 37.8 Å². The quantitative estimate of drug-likeness (QED) is 0.794. The molecule has 0 saturated carbocycles. The minimum atomic E-state index is -0.0562. The molecule has 5 nitrogen and oxygen atoms in total. The summed E-state index contributed by atoms with van der Waals surface area (Å²) in [4.78, 5) is 16.1. The number of urea groups is 1. The largest absolute Gasteiger partial charge is 0.399 e. The molecule has 0 radical (unpaired) electrons. The molecule has 1 fully saturated rings. The van der Waals surface area contributed by atoms with Gasteiger partial charge in [-0.3, -0.25) is 4.90 Å². The van der Waals surface area contributed by atoms with Crippen LogP contribution in [0.3, 0.4) is 0 Å². The molecule has 5 heteroatoms. The highest BCUT2D eigenvalue weighted by Gasteiger charge is 2.20. The number of nitrogens with one attached hydrogen (secondary N) is 1. The number of nitrogen functional groups attached to an aromatic ring is 1. The van der Waals surface area contributed by atoms with Crippen molar-refractivity contribution in [2.45, 2.75) is 18.9 Å². The molecule has 1 aliphatic heterocycles. The van der Waals surface area contributed by atoms with Gasteiger partial charge in [-0.2, -0.15) is 0 Å². The minimum absolute atomic E-state index is 0.0562. The van der Waals surface area contributed by atoms with Gasteiger partial charge in [0.15, 0.2) is 0 Å². The Labute approximate surface area is 114 Å². The first-order chi connectivity index (χ1) is 9.06. The summed E-state index contributed by atoms with van der Waals surface area (Å²) < 4.78 is 0. The SMILES string of the molecule is CN1CCC(NC(=O)N(C)c2ccc(N)cc2)CC1. The van der Waals surface area contributed by atoms with Crippen LogP contribution in [0.15, 0.2) is 24.3 Å². The second-order valence-electron chi connectivity index (χ2n) is 5.18. The maximum absolute atomic E-state index is 12.1. The Morgan fingerprint density at radius 3 is 2.47 bits per heavy atom. The highest BCUT2D eigenvalue weighted by atomic mass is 16.2. The second-order valence-corrected chi connectivity index (χ2v) is 5.18. The van der Waals surface area contributed by atoms with E-state index in [9.17, 15) is 4.79 Å². The number of anilines is 2. The average Bonchev–Trinajstić information content (AvgIpc) is 2.41. The van der Waals surface area contributed by atoms with Crippen LogP contribution in [0.25, 0.3) is 0 Å². The van der Waals surface area contributed by atoms with Crippen molar-refractivity contribution in [3.63, 3.8) is 0 Å². The molecular formula is C14H22N4O. The third-order valence-electron chi connectivity index (χ3n) is 3.63. The summed E-state index contributed by atoms with van der Waals surface area (Å²) in [7, 11) is 3.88. The van der Waals surface area contributed by atoms with E-state index in [1.54, 1.807) is 24.1 Å². The molecule has 2 rings (SSSR count). The molecule has 2 amide bonds. The lowest BCUT2D eigenvalue weighted by molar-refractivity contribution is 0.218. The van der Waals surface area contributed by atoms with Gasteiger partial charge >= 0.3 is 6.03 Å². The molecule has 0 aromatic heterocycles. The fraction of sp³-hybridized carbons (Fsp3) is 0.500. The van der Waals surface area contributed by atoms with Gasteiger partial charge in [0.1, 0.15) is 0 Å². The van der Waals surface area contributed by atoms with Gasteiger partial charge in [0.2, 0.25) is 0 Å². The number of carbonyl (C=O) groups is 1. The molecule has 0 unspecified atom stereocenters. The van der Waals surface area contributed by atoms with Crippen molar-refractivity contribution in [3.8, 4) is 0 Å². The molecule has 104 valence electrons. The number of benzene rings is 1. The molecule has 0 bridgehead atoms. The number of nitrogens with zero attached hydrogens (tertiary/aromatic N) is 2. The Balaban J connectivity index is 1.90. The molecule has 3 N–H and O–H groups in total. The standard InChI is InChI=1S/C14H22N4O/c1-17-9-7-12(8-10-17)16-14(19)18(2)13-5-3-11(15)4-6-13/h3-6,12H,7-10,15H2,1-2H3,(H,16,19). The van der Waals surface area contributed by atoms with Crippen molar-refractivity contribution in [1.82, 2.24) is 10.2 Å². The Bertz CT molecular complexity index is 424. The molecular weight excluding hydrogens is 240 g/mol. The van der Waals surface area contributed by atoms with Crippen molar-refractivity contribution < 1.29 is 4.79 Å². The van der Waals surface area contributed by atoms with Crippen molar-refractivity contribution >= 4 is 17.4 Å². The monoisotopic (exact) mass is 262 g/mol. The summed E-state index contributed by atoms with van der Waals surface area (Å²) in [6, 6.07) is 7.52. The van der Waals surface area contributed by atoms with Crippen LogP contribution in [-0.2, 0) is 0 Å². The first-order valence-electron chi connectivity index (χ1n) is 6.64. The van der Waals surface area contributed by atoms with Crippen LogP contribution in [0, 0.1) is 0 Å². The van der Waals surface area contributed by atoms with E-state index in [2.05, 4.69) is 17.3 Å². The molecule has 19 heavy (non-hydrogen) atoms. The van der Waals surface area contributed by atoms with Gasteiger partial charge in [0, 0.05) is 24.5 Å². The zero-order chi connectivity index (χ0) is 13.8. The van der Waals surface area contributed by atoms with E-state index in [1.807, 2.05) is 12.1 Å². The van der Waals surface area contributed by atoms with E-state index >= 15 is 0 Å². The summed E-state index contributed by atoms with van der Waals surface area (Å²) >= 11 is 0. The first-order valence-corrected chi connectivity index (χ1v) is 6.64. The maximum Gasteiger partial charge on any atom is 0.321 e. The Hall–Kier alpha value is -1.75. The lowest BCUT2D eigenvalue weighted by atomic mass is 10.1. The van der Waals surface area contributed by atoms with E-state index in [-0.39, 0.29) is 12.1 Å². The average molecular weight is 262 g/mol. The maximum atomic E-state index is 12.1. The predicted molar refractivity (Wildman–Crippen MR) is 78.3 cm³/mol. The molecule has 1 heterocycles. The summed E-state index contributed by atoms with van der Waals surface area (Å²) in [6.45, 7) is 2.08. The van der Waals surface area contributed by atoms with E-state index in [0.29, 0.717) is 5.69 Å². The van der Waals surface area contributed by atoms with Gasteiger partial charge in [-0.25, -0.2) is 4.79 Å². The van der Waals surface area contributed by atoms with Gasteiger partial charge in [0.05, 0.1) is 0 Å². The Kier molecular flexibility index (Phi) is 4.27. The van der Waals surface area contributed by atoms with Gasteiger partial charge in [-0.05, 0) is 57.2 Å². The zero-order valence-electron chi connectivity index (χ0n) is 11.6. The van der Waals surface area contributed by atoms with Crippen molar-refractivity contribution in [1.29, 1.82) is 0 Å². The van der Waals surface area contributed by atoms with E-state index in [0.717, 1.165) is 31.6 Å². The molecule has 0 spiro atoms. The van der Waals surface area contributed by atoms with Gasteiger partial charge in [-0.15, -0.1) is 0 Å². The van der Waals surface area contributed by atoms with Crippen LogP contribution in [0.5, 0.6) is 0 Å². The number of hydrogen-bond acceptors (Lipinski definition) is 3. The fourth-order valence-corrected chi connectivity index (χ4v) is 2.24. The summed E-state index contributed by atoms with van der Waals surface area (Å²) in [5.41, 5.74) is 7.19. The van der Waals surface area contributed by atoms with E-state index in [1.165, 1.54) is 0 Å². The normalized spacial score (nSPS) is 17.2. The summed E-state index contributed by atoms with van der Waals surface area (Å²) in [5, 5.41) is 3.08. The number of nitrogens with two attached hydrogens (primary N) is 1. The van der Waals surface area contributed by atoms with Gasteiger partial charge in [-0.1, -0.05) is 0 Å². The minimum Gasteiger partial charge on any atom is -0.399 e. The summed E-state index contributed by atoms with van der Waals surface area (Å²) in [5.74, 6) is 0. The number of rotatable bonds is 2. The van der Waals surface area contributed by atoms with Gasteiger partial charge < -0.3 is 16.0 Å². The van der Waals surface area contributed by atoms with E-state index < -0.39 is 0 Å². The van der Waals surface area contributed by atoms with Crippen LogP contribution in [0.1, 0.15) is 12.8 Å². The highest BCUT2D eigenvalue weighted by Crippen LogP contribution is 2.15. The number of amides is 2. The van der Waals surface area contributed by atoms with Crippen LogP contribution in [0.2, 0.25) is 0 Å². The lowest BCUT2D eigenvalue weighted by Gasteiger charge is -2.30. The van der Waals surface area contributed by atoms with Crippen LogP contribution < -0.4 is 16.0 Å². The Morgan fingerprint density at radius 1 is 1.32 bits per heavy atom. The van der Waals surface area contributed by atoms with Crippen LogP contribution in [0.4, 0.5) is 16.2 Å². The van der Waals surface area contributed by atoms with Crippen molar-refractivity contribution in [3.05, 3.63) is 24.3 Å². The van der Waals surface area contributed by atoms with Crippen molar-refractivity contribution in [2.24, 2.45) is 0 Å². The summed E-state index contributed by atoms with van der Waals surface area (Å²) in [6.07, 6.45) is 2.02. The third-order valence-corrected chi connectivity index (χ3v) is 3.63. The second kappa shape index (κ2) is 5.93. The zero-order valence-corrected chi connectivity index (χ0v) is 11.6. The molecule has 1 aromatic rings. The number of likely N-dealkylation sites (tertiary alicyclic amines) is 1. The molecule has 1 saturated heterocycles. The van der Waals surface area contributed by atoms with E-state index in [4.69, 9.17) is 5.73 Å². The first kappa shape index (κ1) is 13.7. The molecule has 0 aliphatic carbocycles. The Morgan fingerprint density at radius 2 is 1.89 bits per heavy atom. The van der Waals surface area contributed by atoms with Crippen LogP contribution >= 0.6 is 0 Å². The molecule has 1 aliphatic rings. The third kappa shape index (κ3) is 3.61. The number of hydrogen-bond donors (Lipinski definition) is 2. The molecule has 0 atom stereocenters. The number of carbonyl (C=O) groups excluding carboxylic acids is 1. The molecule has 1 aromatic carbocycles. The van der Waals surface area contributed by atoms with Gasteiger partial charge in [0.25, 0.3) is 0 Å².